The lowest BCUT2D eigenvalue weighted by atomic mass is 9.93. The maximum atomic E-state index is 13.3. The Morgan fingerprint density at radius 1 is 1.11 bits per heavy atom. The maximum Gasteiger partial charge on any atom is 0.274 e. The minimum Gasteiger partial charge on any atom is -0.437 e. The molecule has 4 rings (SSSR count). The lowest BCUT2D eigenvalue weighted by Gasteiger charge is -2.31. The van der Waals surface area contributed by atoms with Crippen LogP contribution in [0.2, 0.25) is 0 Å². The number of hydrogen-bond donors (Lipinski definition) is 0. The highest BCUT2D eigenvalue weighted by molar-refractivity contribution is 5.92. The molecule has 0 saturated carbocycles. The van der Waals surface area contributed by atoms with Gasteiger partial charge in [0.15, 0.2) is 0 Å². The molecular formula is C20H18FN5O2. The highest BCUT2D eigenvalue weighted by Crippen LogP contribution is 2.29. The van der Waals surface area contributed by atoms with Gasteiger partial charge in [0, 0.05) is 43.7 Å². The lowest BCUT2D eigenvalue weighted by Crippen LogP contribution is -2.38. The largest absolute Gasteiger partial charge is 0.437 e. The normalized spacial score (nSPS) is 14.7. The molecule has 1 aromatic carbocycles. The Kier molecular flexibility index (Phi) is 5.18. The second kappa shape index (κ2) is 8.08. The van der Waals surface area contributed by atoms with Gasteiger partial charge >= 0.3 is 0 Å². The van der Waals surface area contributed by atoms with E-state index >= 15 is 0 Å². The zero-order valence-corrected chi connectivity index (χ0v) is 15.0. The summed E-state index contributed by atoms with van der Waals surface area (Å²) in [5, 5.41) is 0. The first-order valence-electron chi connectivity index (χ1n) is 9.00. The molecule has 0 unspecified atom stereocenters. The van der Waals surface area contributed by atoms with Gasteiger partial charge in [0.2, 0.25) is 5.88 Å². The molecule has 1 aliphatic heterocycles. The van der Waals surface area contributed by atoms with E-state index in [4.69, 9.17) is 4.74 Å². The third kappa shape index (κ3) is 4.11. The van der Waals surface area contributed by atoms with Crippen LogP contribution in [0.3, 0.4) is 0 Å². The fraction of sp³-hybridized carbons (Fsp3) is 0.250. The van der Waals surface area contributed by atoms with Crippen molar-refractivity contribution in [2.24, 2.45) is 0 Å². The van der Waals surface area contributed by atoms with E-state index in [1.165, 1.54) is 30.7 Å². The number of nitrogens with zero attached hydrogens (tertiary/aromatic N) is 5. The van der Waals surface area contributed by atoms with Crippen LogP contribution in [0, 0.1) is 5.82 Å². The van der Waals surface area contributed by atoms with Crippen molar-refractivity contribution >= 4 is 5.91 Å². The smallest absolute Gasteiger partial charge is 0.274 e. The molecule has 28 heavy (non-hydrogen) atoms. The molecule has 142 valence electrons. The van der Waals surface area contributed by atoms with Gasteiger partial charge in [-0.2, -0.15) is 0 Å². The third-order valence-electron chi connectivity index (χ3n) is 4.63. The van der Waals surface area contributed by atoms with Crippen LogP contribution in [-0.4, -0.2) is 43.8 Å². The summed E-state index contributed by atoms with van der Waals surface area (Å²) < 4.78 is 18.9. The van der Waals surface area contributed by atoms with E-state index in [1.807, 2.05) is 0 Å². The monoisotopic (exact) mass is 379 g/mol. The van der Waals surface area contributed by atoms with Gasteiger partial charge in [-0.25, -0.2) is 14.4 Å². The molecule has 0 aliphatic carbocycles. The van der Waals surface area contributed by atoms with E-state index in [1.54, 1.807) is 29.4 Å². The molecule has 0 atom stereocenters. The number of likely N-dealkylation sites (tertiary alicyclic amines) is 1. The number of aromatic nitrogens is 4. The summed E-state index contributed by atoms with van der Waals surface area (Å²) >= 11 is 0. The molecule has 1 saturated heterocycles. The number of piperidine rings is 1. The van der Waals surface area contributed by atoms with E-state index in [0.717, 1.165) is 18.5 Å². The second-order valence-corrected chi connectivity index (χ2v) is 6.50. The Morgan fingerprint density at radius 3 is 2.71 bits per heavy atom. The van der Waals surface area contributed by atoms with Gasteiger partial charge in [0.1, 0.15) is 17.3 Å². The van der Waals surface area contributed by atoms with Crippen molar-refractivity contribution < 1.29 is 13.9 Å². The molecular weight excluding hydrogens is 361 g/mol. The quantitative estimate of drug-likeness (QED) is 0.692. The minimum atomic E-state index is -0.373. The first kappa shape index (κ1) is 18.0. The Balaban J connectivity index is 1.40. The average Bonchev–Trinajstić information content (AvgIpc) is 2.74. The SMILES string of the molecule is O=C(c1cnccn1)N1CCC(c2cncc(Oc3cccc(F)c3)n2)CC1. The summed E-state index contributed by atoms with van der Waals surface area (Å²) in [6.45, 7) is 1.22. The standard InChI is InChI=1S/C20H18FN5O2/c21-15-2-1-3-16(10-15)28-19-13-23-11-17(25-19)14-4-8-26(9-5-14)20(27)18-12-22-6-7-24-18/h1-3,6-7,10-14H,4-5,8-9H2. The van der Waals surface area contributed by atoms with Gasteiger partial charge in [-0.3, -0.25) is 14.8 Å². The molecule has 1 fully saturated rings. The van der Waals surface area contributed by atoms with E-state index < -0.39 is 0 Å². The first-order chi connectivity index (χ1) is 13.7. The summed E-state index contributed by atoms with van der Waals surface area (Å²) in [7, 11) is 0. The summed E-state index contributed by atoms with van der Waals surface area (Å²) in [6.07, 6.45) is 9.28. The fourth-order valence-corrected chi connectivity index (χ4v) is 3.21. The van der Waals surface area contributed by atoms with Gasteiger partial charge in [-0.15, -0.1) is 0 Å². The van der Waals surface area contributed by atoms with Crippen molar-refractivity contribution in [2.45, 2.75) is 18.8 Å². The van der Waals surface area contributed by atoms with Crippen LogP contribution in [0.1, 0.15) is 34.9 Å². The van der Waals surface area contributed by atoms with Gasteiger partial charge in [-0.1, -0.05) is 6.07 Å². The van der Waals surface area contributed by atoms with Crippen molar-refractivity contribution in [1.82, 2.24) is 24.8 Å². The van der Waals surface area contributed by atoms with Crippen molar-refractivity contribution in [1.29, 1.82) is 0 Å². The Morgan fingerprint density at radius 2 is 1.96 bits per heavy atom. The topological polar surface area (TPSA) is 81.1 Å². The van der Waals surface area contributed by atoms with Gasteiger partial charge in [-0.05, 0) is 25.0 Å². The molecule has 1 amide bonds. The number of benzene rings is 1. The average molecular weight is 379 g/mol. The molecule has 0 spiro atoms. The molecule has 1 aliphatic rings. The van der Waals surface area contributed by atoms with Crippen LogP contribution >= 0.6 is 0 Å². The molecule has 0 N–H and O–H groups in total. The number of hydrogen-bond acceptors (Lipinski definition) is 6. The molecule has 3 aromatic rings. The maximum absolute atomic E-state index is 13.3. The van der Waals surface area contributed by atoms with Crippen molar-refractivity contribution in [3.63, 3.8) is 0 Å². The fourth-order valence-electron chi connectivity index (χ4n) is 3.21. The van der Waals surface area contributed by atoms with E-state index in [0.29, 0.717) is 30.4 Å². The summed E-state index contributed by atoms with van der Waals surface area (Å²) in [5.41, 5.74) is 1.16. The van der Waals surface area contributed by atoms with Crippen LogP contribution in [0.15, 0.2) is 55.2 Å². The van der Waals surface area contributed by atoms with E-state index in [9.17, 15) is 9.18 Å². The van der Waals surface area contributed by atoms with Crippen molar-refractivity contribution in [2.75, 3.05) is 13.1 Å². The molecule has 3 heterocycles. The van der Waals surface area contributed by atoms with E-state index in [2.05, 4.69) is 19.9 Å². The summed E-state index contributed by atoms with van der Waals surface area (Å²) in [6, 6.07) is 5.88. The number of rotatable bonds is 4. The first-order valence-corrected chi connectivity index (χ1v) is 9.00. The van der Waals surface area contributed by atoms with E-state index in [-0.39, 0.29) is 17.6 Å². The summed E-state index contributed by atoms with van der Waals surface area (Å²) in [5.74, 6) is 0.383. The number of carbonyl (C=O) groups excluding carboxylic acids is 1. The van der Waals surface area contributed by atoms with Crippen molar-refractivity contribution in [3.8, 4) is 11.6 Å². The van der Waals surface area contributed by atoms with Crippen LogP contribution in [0.5, 0.6) is 11.6 Å². The minimum absolute atomic E-state index is 0.110. The zero-order valence-electron chi connectivity index (χ0n) is 15.0. The highest BCUT2D eigenvalue weighted by Gasteiger charge is 2.26. The molecule has 0 bridgehead atoms. The number of amides is 1. The van der Waals surface area contributed by atoms with Crippen LogP contribution in [0.4, 0.5) is 4.39 Å². The Bertz CT molecular complexity index is 962. The Labute approximate surface area is 161 Å². The second-order valence-electron chi connectivity index (χ2n) is 6.50. The molecule has 7 nitrogen and oxygen atoms in total. The zero-order chi connectivity index (χ0) is 19.3. The van der Waals surface area contributed by atoms with Crippen molar-refractivity contribution in [3.05, 3.63) is 72.5 Å². The predicted molar refractivity (Wildman–Crippen MR) is 98.4 cm³/mol. The highest BCUT2D eigenvalue weighted by atomic mass is 19.1. The lowest BCUT2D eigenvalue weighted by molar-refractivity contribution is 0.0705. The number of carbonyl (C=O) groups is 1. The number of ether oxygens (including phenoxy) is 1. The summed E-state index contributed by atoms with van der Waals surface area (Å²) in [4.78, 5) is 31.0. The van der Waals surface area contributed by atoms with Crippen LogP contribution in [0.25, 0.3) is 0 Å². The molecule has 0 radical (unpaired) electrons. The van der Waals surface area contributed by atoms with Crippen LogP contribution in [-0.2, 0) is 0 Å². The van der Waals surface area contributed by atoms with Gasteiger partial charge in [0.05, 0.1) is 18.1 Å². The van der Waals surface area contributed by atoms with Crippen LogP contribution < -0.4 is 4.74 Å². The molecule has 2 aromatic heterocycles. The number of halogens is 1. The predicted octanol–water partition coefficient (Wildman–Crippen LogP) is 3.22. The third-order valence-corrected chi connectivity index (χ3v) is 4.63. The van der Waals surface area contributed by atoms with Gasteiger partial charge < -0.3 is 9.64 Å². The Hall–Kier alpha value is -3.42. The van der Waals surface area contributed by atoms with Gasteiger partial charge in [0.25, 0.3) is 5.91 Å². The molecule has 8 heteroatoms.